The number of hydrogen-bond donors (Lipinski definition) is 2. The number of nitrogens with one attached hydrogen (secondary N) is 1. The number of carbonyl (C=O) groups excluding carboxylic acids is 1. The van der Waals surface area contributed by atoms with Crippen LogP contribution in [0.5, 0.6) is 0 Å². The fourth-order valence-electron chi connectivity index (χ4n) is 1.41. The summed E-state index contributed by atoms with van der Waals surface area (Å²) >= 11 is 0. The minimum Gasteiger partial charge on any atom is -0.393 e. The summed E-state index contributed by atoms with van der Waals surface area (Å²) in [5, 5.41) is 11.9. The summed E-state index contributed by atoms with van der Waals surface area (Å²) < 4.78 is 0. The van der Waals surface area contributed by atoms with Crippen LogP contribution in [-0.2, 0) is 4.79 Å². The second-order valence-electron chi connectivity index (χ2n) is 3.80. The van der Waals surface area contributed by atoms with Crippen molar-refractivity contribution in [1.82, 2.24) is 5.32 Å². The summed E-state index contributed by atoms with van der Waals surface area (Å²) in [5.74, 6) is 0.308. The van der Waals surface area contributed by atoms with Crippen molar-refractivity contribution < 1.29 is 9.90 Å². The van der Waals surface area contributed by atoms with Crippen LogP contribution in [0.15, 0.2) is 0 Å². The first kappa shape index (κ1) is 13.4. The summed E-state index contributed by atoms with van der Waals surface area (Å²) in [5.41, 5.74) is 0. The molecule has 0 aliphatic heterocycles. The van der Waals surface area contributed by atoms with Crippen LogP contribution >= 0.6 is 0 Å². The van der Waals surface area contributed by atoms with E-state index in [9.17, 15) is 4.79 Å². The summed E-state index contributed by atoms with van der Waals surface area (Å²) in [7, 11) is 0. The summed E-state index contributed by atoms with van der Waals surface area (Å²) in [6.07, 6.45) is 3.14. The molecule has 0 aliphatic rings. The summed E-state index contributed by atoms with van der Waals surface area (Å²) in [6, 6.07) is 0. The van der Waals surface area contributed by atoms with E-state index in [1.54, 1.807) is 6.92 Å². The number of amides is 1. The van der Waals surface area contributed by atoms with Crippen molar-refractivity contribution in [2.45, 2.75) is 52.6 Å². The fourth-order valence-corrected chi connectivity index (χ4v) is 1.41. The number of aliphatic hydroxyl groups excluding tert-OH is 1. The number of hydrogen-bond acceptors (Lipinski definition) is 2. The Kier molecular flexibility index (Phi) is 7.48. The van der Waals surface area contributed by atoms with E-state index in [0.29, 0.717) is 6.54 Å². The molecule has 0 aromatic rings. The predicted octanol–water partition coefficient (Wildman–Crippen LogP) is 1.70. The average molecular weight is 201 g/mol. The second kappa shape index (κ2) is 7.80. The monoisotopic (exact) mass is 201 g/mol. The Hall–Kier alpha value is -0.570. The van der Waals surface area contributed by atoms with E-state index in [-0.39, 0.29) is 17.9 Å². The van der Waals surface area contributed by atoms with Gasteiger partial charge in [-0.25, -0.2) is 0 Å². The molecule has 0 spiro atoms. The number of aliphatic hydroxyl groups is 1. The maximum absolute atomic E-state index is 11.5. The first-order valence-electron chi connectivity index (χ1n) is 5.57. The molecule has 0 aromatic heterocycles. The lowest BCUT2D eigenvalue weighted by Crippen LogP contribution is -2.31. The van der Waals surface area contributed by atoms with Crippen molar-refractivity contribution in [1.29, 1.82) is 0 Å². The van der Waals surface area contributed by atoms with Gasteiger partial charge in [-0.15, -0.1) is 0 Å². The standard InChI is InChI=1S/C11H23NO2/c1-4-10(5-2)11(14)12-8-6-7-9(3)13/h9-10,13H,4-8H2,1-3H3,(H,12,14). The van der Waals surface area contributed by atoms with E-state index >= 15 is 0 Å². The van der Waals surface area contributed by atoms with Crippen LogP contribution in [0.25, 0.3) is 0 Å². The van der Waals surface area contributed by atoms with E-state index in [0.717, 1.165) is 25.7 Å². The SMILES string of the molecule is CCC(CC)C(=O)NCCCC(C)O. The molecular formula is C11H23NO2. The summed E-state index contributed by atoms with van der Waals surface area (Å²) in [6.45, 7) is 6.51. The van der Waals surface area contributed by atoms with Crippen LogP contribution in [0.1, 0.15) is 46.5 Å². The molecule has 0 bridgehead atoms. The summed E-state index contributed by atoms with van der Waals surface area (Å²) in [4.78, 5) is 11.5. The van der Waals surface area contributed by atoms with Gasteiger partial charge in [-0.05, 0) is 32.6 Å². The van der Waals surface area contributed by atoms with Crippen molar-refractivity contribution >= 4 is 5.91 Å². The van der Waals surface area contributed by atoms with Gasteiger partial charge in [-0.3, -0.25) is 4.79 Å². The van der Waals surface area contributed by atoms with Gasteiger partial charge in [0.15, 0.2) is 0 Å². The zero-order valence-electron chi connectivity index (χ0n) is 9.55. The fraction of sp³-hybridized carbons (Fsp3) is 0.909. The van der Waals surface area contributed by atoms with Crippen LogP contribution in [-0.4, -0.2) is 23.7 Å². The van der Waals surface area contributed by atoms with Crippen LogP contribution in [0, 0.1) is 5.92 Å². The highest BCUT2D eigenvalue weighted by atomic mass is 16.3. The third-order valence-electron chi connectivity index (χ3n) is 2.45. The van der Waals surface area contributed by atoms with Crippen LogP contribution in [0.4, 0.5) is 0 Å². The van der Waals surface area contributed by atoms with Gasteiger partial charge in [0.1, 0.15) is 0 Å². The molecule has 14 heavy (non-hydrogen) atoms. The molecule has 0 aliphatic carbocycles. The van der Waals surface area contributed by atoms with Gasteiger partial charge in [0.05, 0.1) is 6.10 Å². The minimum absolute atomic E-state index is 0.153. The van der Waals surface area contributed by atoms with Crippen LogP contribution in [0.2, 0.25) is 0 Å². The van der Waals surface area contributed by atoms with Gasteiger partial charge in [0.25, 0.3) is 0 Å². The van der Waals surface area contributed by atoms with Gasteiger partial charge in [0, 0.05) is 12.5 Å². The highest BCUT2D eigenvalue weighted by molar-refractivity contribution is 5.78. The first-order valence-corrected chi connectivity index (χ1v) is 5.57. The zero-order chi connectivity index (χ0) is 11.0. The van der Waals surface area contributed by atoms with E-state index in [4.69, 9.17) is 5.11 Å². The Morgan fingerprint density at radius 2 is 1.93 bits per heavy atom. The lowest BCUT2D eigenvalue weighted by Gasteiger charge is -2.12. The van der Waals surface area contributed by atoms with Crippen molar-refractivity contribution in [2.24, 2.45) is 5.92 Å². The smallest absolute Gasteiger partial charge is 0.223 e. The molecule has 0 heterocycles. The van der Waals surface area contributed by atoms with Gasteiger partial charge < -0.3 is 10.4 Å². The number of rotatable bonds is 7. The molecule has 1 atom stereocenters. The van der Waals surface area contributed by atoms with E-state index in [2.05, 4.69) is 5.32 Å². The van der Waals surface area contributed by atoms with Crippen molar-refractivity contribution in [2.75, 3.05) is 6.54 Å². The Bertz CT molecular complexity index is 153. The van der Waals surface area contributed by atoms with E-state index in [1.807, 2.05) is 13.8 Å². The topological polar surface area (TPSA) is 49.3 Å². The maximum atomic E-state index is 11.5. The van der Waals surface area contributed by atoms with Crippen molar-refractivity contribution in [3.8, 4) is 0 Å². The predicted molar refractivity (Wildman–Crippen MR) is 58.0 cm³/mol. The normalized spacial score (nSPS) is 12.9. The van der Waals surface area contributed by atoms with E-state index < -0.39 is 0 Å². The molecule has 0 saturated heterocycles. The van der Waals surface area contributed by atoms with Crippen LogP contribution < -0.4 is 5.32 Å². The third kappa shape index (κ3) is 5.97. The average Bonchev–Trinajstić information content (AvgIpc) is 2.14. The first-order chi connectivity index (χ1) is 6.61. The minimum atomic E-state index is -0.264. The van der Waals surface area contributed by atoms with Crippen LogP contribution in [0.3, 0.4) is 0 Å². The van der Waals surface area contributed by atoms with E-state index in [1.165, 1.54) is 0 Å². The Labute approximate surface area is 86.9 Å². The quantitative estimate of drug-likeness (QED) is 0.616. The molecule has 0 fully saturated rings. The Balaban J connectivity index is 3.52. The molecule has 3 heteroatoms. The molecule has 0 rings (SSSR count). The molecule has 0 saturated carbocycles. The van der Waals surface area contributed by atoms with Crippen molar-refractivity contribution in [3.05, 3.63) is 0 Å². The molecule has 1 amide bonds. The molecule has 3 nitrogen and oxygen atoms in total. The molecule has 1 unspecified atom stereocenters. The van der Waals surface area contributed by atoms with Gasteiger partial charge in [-0.2, -0.15) is 0 Å². The highest BCUT2D eigenvalue weighted by Gasteiger charge is 2.12. The number of carbonyl (C=O) groups is 1. The Morgan fingerprint density at radius 1 is 1.36 bits per heavy atom. The Morgan fingerprint density at radius 3 is 2.36 bits per heavy atom. The molecule has 0 aromatic carbocycles. The van der Waals surface area contributed by atoms with Gasteiger partial charge in [-0.1, -0.05) is 13.8 Å². The largest absolute Gasteiger partial charge is 0.393 e. The maximum Gasteiger partial charge on any atom is 0.223 e. The molecular weight excluding hydrogens is 178 g/mol. The lowest BCUT2D eigenvalue weighted by atomic mass is 10.0. The zero-order valence-corrected chi connectivity index (χ0v) is 9.55. The molecule has 0 radical (unpaired) electrons. The molecule has 84 valence electrons. The highest BCUT2D eigenvalue weighted by Crippen LogP contribution is 2.06. The van der Waals surface area contributed by atoms with Crippen molar-refractivity contribution in [3.63, 3.8) is 0 Å². The lowest BCUT2D eigenvalue weighted by molar-refractivity contribution is -0.125. The van der Waals surface area contributed by atoms with Gasteiger partial charge >= 0.3 is 0 Å². The second-order valence-corrected chi connectivity index (χ2v) is 3.80. The third-order valence-corrected chi connectivity index (χ3v) is 2.45. The molecule has 2 N–H and O–H groups in total. The van der Waals surface area contributed by atoms with Gasteiger partial charge in [0.2, 0.25) is 5.91 Å².